The highest BCUT2D eigenvalue weighted by molar-refractivity contribution is 9.18. The van der Waals surface area contributed by atoms with Crippen LogP contribution >= 0.6 is 28.7 Å². The van der Waals surface area contributed by atoms with Crippen LogP contribution in [0.4, 0.5) is 0 Å². The van der Waals surface area contributed by atoms with Crippen LogP contribution < -0.4 is 0 Å². The third-order valence-electron chi connectivity index (χ3n) is 2.86. The molecule has 0 aromatic rings. The zero-order chi connectivity index (χ0) is 10.6. The van der Waals surface area contributed by atoms with Gasteiger partial charge in [-0.1, -0.05) is 19.1 Å². The summed E-state index contributed by atoms with van der Waals surface area (Å²) in [5.41, 5.74) is 0. The predicted octanol–water partition coefficient (Wildman–Crippen LogP) is 3.26. The molecule has 2 nitrogen and oxygen atoms in total. The summed E-state index contributed by atoms with van der Waals surface area (Å²) in [6.07, 6.45) is 8.08. The Morgan fingerprint density at radius 2 is 2.29 bits per heavy atom. The Morgan fingerprint density at radius 3 is 2.93 bits per heavy atom. The molecule has 1 unspecified atom stereocenters. The number of hydrogen-bond donors (Lipinski definition) is 1. The van der Waals surface area contributed by atoms with E-state index < -0.39 is 0 Å². The Balaban J connectivity index is 2.68. The maximum atomic E-state index is 3.91. The van der Waals surface area contributed by atoms with E-state index in [1.165, 1.54) is 12.8 Å². The van der Waals surface area contributed by atoms with E-state index in [4.69, 9.17) is 0 Å². The first-order valence-electron chi connectivity index (χ1n) is 4.92. The lowest BCUT2D eigenvalue weighted by molar-refractivity contribution is 0.272. The van der Waals surface area contributed by atoms with Crippen molar-refractivity contribution in [3.63, 3.8) is 0 Å². The summed E-state index contributed by atoms with van der Waals surface area (Å²) in [6, 6.07) is 0.527. The van der Waals surface area contributed by atoms with Crippen molar-refractivity contribution < 1.29 is 0 Å². The van der Waals surface area contributed by atoms with Crippen molar-refractivity contribution in [3.05, 3.63) is 12.2 Å². The number of hydrogen-bond acceptors (Lipinski definition) is 2. The Kier molecular flexibility index (Phi) is 5.02. The SMILES string of the molecule is CC1CCC=CC[C@@H]1N(C)C(Br)=NS. The normalized spacial score (nSPS) is 28.7. The van der Waals surface area contributed by atoms with E-state index >= 15 is 0 Å². The fourth-order valence-corrected chi connectivity index (χ4v) is 2.29. The lowest BCUT2D eigenvalue weighted by Gasteiger charge is -2.31. The van der Waals surface area contributed by atoms with Gasteiger partial charge in [-0.3, -0.25) is 0 Å². The Hall–Kier alpha value is 0.0400. The second-order valence-electron chi connectivity index (χ2n) is 3.81. The van der Waals surface area contributed by atoms with Crippen LogP contribution in [-0.4, -0.2) is 22.7 Å². The van der Waals surface area contributed by atoms with Crippen LogP contribution in [0.2, 0.25) is 0 Å². The van der Waals surface area contributed by atoms with Crippen LogP contribution in [0.1, 0.15) is 26.2 Å². The van der Waals surface area contributed by atoms with Crippen molar-refractivity contribution in [2.75, 3.05) is 7.05 Å². The molecule has 0 saturated carbocycles. The topological polar surface area (TPSA) is 15.6 Å². The van der Waals surface area contributed by atoms with Crippen molar-refractivity contribution in [2.45, 2.75) is 32.2 Å². The van der Waals surface area contributed by atoms with Gasteiger partial charge in [0.2, 0.25) is 0 Å². The van der Waals surface area contributed by atoms with Gasteiger partial charge in [0.15, 0.2) is 4.74 Å². The molecule has 0 saturated heterocycles. The van der Waals surface area contributed by atoms with Crippen LogP contribution in [0, 0.1) is 5.92 Å². The Labute approximate surface area is 100 Å². The molecular weight excluding hydrogens is 260 g/mol. The zero-order valence-electron chi connectivity index (χ0n) is 8.65. The largest absolute Gasteiger partial charge is 0.350 e. The molecule has 0 aliphatic heterocycles. The summed E-state index contributed by atoms with van der Waals surface area (Å²) in [5.74, 6) is 0.692. The van der Waals surface area contributed by atoms with Gasteiger partial charge in [-0.05, 0) is 53.9 Å². The molecule has 0 fully saturated rings. The highest BCUT2D eigenvalue weighted by Gasteiger charge is 2.22. The number of halogens is 1. The van der Waals surface area contributed by atoms with Gasteiger partial charge in [0.25, 0.3) is 0 Å². The summed E-state index contributed by atoms with van der Waals surface area (Å²) >= 11 is 7.32. The van der Waals surface area contributed by atoms with Gasteiger partial charge >= 0.3 is 0 Å². The lowest BCUT2D eigenvalue weighted by atomic mass is 9.96. The molecular formula is C10H17BrN2S. The van der Waals surface area contributed by atoms with E-state index in [9.17, 15) is 0 Å². The second kappa shape index (κ2) is 5.81. The van der Waals surface area contributed by atoms with Gasteiger partial charge in [-0.25, -0.2) is 0 Å². The van der Waals surface area contributed by atoms with E-state index in [0.29, 0.717) is 12.0 Å². The minimum Gasteiger partial charge on any atom is -0.350 e. The number of rotatable bonds is 1. The van der Waals surface area contributed by atoms with Crippen molar-refractivity contribution in [3.8, 4) is 0 Å². The minimum atomic E-state index is 0.527. The predicted molar refractivity (Wildman–Crippen MR) is 69.1 cm³/mol. The number of allylic oxidation sites excluding steroid dienone is 1. The van der Waals surface area contributed by atoms with Gasteiger partial charge in [0.1, 0.15) is 0 Å². The molecule has 2 atom stereocenters. The lowest BCUT2D eigenvalue weighted by Crippen LogP contribution is -2.38. The van der Waals surface area contributed by atoms with Crippen LogP contribution in [0.15, 0.2) is 16.5 Å². The van der Waals surface area contributed by atoms with Crippen molar-refractivity contribution in [1.29, 1.82) is 0 Å². The van der Waals surface area contributed by atoms with E-state index in [-0.39, 0.29) is 0 Å². The maximum absolute atomic E-state index is 3.91. The van der Waals surface area contributed by atoms with Crippen molar-refractivity contribution >= 4 is 33.5 Å². The van der Waals surface area contributed by atoms with Gasteiger partial charge in [-0.2, -0.15) is 4.40 Å². The highest BCUT2D eigenvalue weighted by Crippen LogP contribution is 2.24. The fraction of sp³-hybridized carbons (Fsp3) is 0.700. The molecule has 0 bridgehead atoms. The Bertz CT molecular complexity index is 240. The Morgan fingerprint density at radius 1 is 1.57 bits per heavy atom. The summed E-state index contributed by atoms with van der Waals surface area (Å²) < 4.78 is 4.67. The molecule has 0 radical (unpaired) electrons. The van der Waals surface area contributed by atoms with Gasteiger partial charge in [0.05, 0.1) is 0 Å². The standard InChI is InChI=1S/C10H17BrN2S/c1-8-6-4-3-5-7-9(8)13(2)10(11)12-14/h3,5,8-9,14H,4,6-7H2,1-2H3/t8?,9-/m0/s1. The monoisotopic (exact) mass is 276 g/mol. The summed E-state index contributed by atoms with van der Waals surface area (Å²) in [4.78, 5) is 2.16. The first kappa shape index (κ1) is 12.1. The second-order valence-corrected chi connectivity index (χ2v) is 4.72. The highest BCUT2D eigenvalue weighted by atomic mass is 79.9. The van der Waals surface area contributed by atoms with Gasteiger partial charge in [-0.15, -0.1) is 0 Å². The first-order valence-corrected chi connectivity index (χ1v) is 6.11. The third-order valence-corrected chi connectivity index (χ3v) is 4.06. The van der Waals surface area contributed by atoms with Gasteiger partial charge < -0.3 is 4.90 Å². The van der Waals surface area contributed by atoms with Crippen molar-refractivity contribution in [1.82, 2.24) is 4.90 Å². The van der Waals surface area contributed by atoms with E-state index in [2.05, 4.69) is 64.2 Å². The number of nitrogens with zero attached hydrogens (tertiary/aromatic N) is 2. The van der Waals surface area contributed by atoms with E-state index in [1.54, 1.807) is 0 Å². The molecule has 14 heavy (non-hydrogen) atoms. The average molecular weight is 277 g/mol. The molecule has 80 valence electrons. The van der Waals surface area contributed by atoms with Crippen LogP contribution in [0.3, 0.4) is 0 Å². The molecule has 0 amide bonds. The summed E-state index contributed by atoms with van der Waals surface area (Å²) in [6.45, 7) is 2.30. The van der Waals surface area contributed by atoms with Crippen molar-refractivity contribution in [2.24, 2.45) is 10.3 Å². The zero-order valence-corrected chi connectivity index (χ0v) is 11.1. The third kappa shape index (κ3) is 3.02. The minimum absolute atomic E-state index is 0.527. The molecule has 1 aliphatic rings. The maximum Gasteiger partial charge on any atom is 0.180 e. The molecule has 0 aromatic carbocycles. The molecule has 4 heteroatoms. The molecule has 0 aromatic heterocycles. The fourth-order valence-electron chi connectivity index (χ4n) is 1.88. The van der Waals surface area contributed by atoms with Crippen LogP contribution in [-0.2, 0) is 0 Å². The smallest absolute Gasteiger partial charge is 0.180 e. The average Bonchev–Trinajstić information content (AvgIpc) is 2.40. The van der Waals surface area contributed by atoms with Crippen LogP contribution in [0.25, 0.3) is 0 Å². The molecule has 0 N–H and O–H groups in total. The van der Waals surface area contributed by atoms with E-state index in [1.807, 2.05) is 0 Å². The quantitative estimate of drug-likeness (QED) is 0.256. The molecule has 0 heterocycles. The molecule has 1 aliphatic carbocycles. The number of thiol groups is 1. The van der Waals surface area contributed by atoms with Gasteiger partial charge in [0, 0.05) is 13.1 Å². The summed E-state index contributed by atoms with van der Waals surface area (Å²) in [7, 11) is 2.06. The summed E-state index contributed by atoms with van der Waals surface area (Å²) in [5, 5.41) is 0. The number of amidine groups is 1. The molecule has 0 spiro atoms. The van der Waals surface area contributed by atoms with E-state index in [0.717, 1.165) is 11.2 Å². The first-order chi connectivity index (χ1) is 6.66. The van der Waals surface area contributed by atoms with Crippen LogP contribution in [0.5, 0.6) is 0 Å². The molecule has 1 rings (SSSR count).